The Labute approximate surface area is 165 Å². The Morgan fingerprint density at radius 2 is 1.56 bits per heavy atom. The van der Waals surface area contributed by atoms with E-state index in [0.717, 1.165) is 16.6 Å². The van der Waals surface area contributed by atoms with Gasteiger partial charge in [-0.1, -0.05) is 13.8 Å². The van der Waals surface area contributed by atoms with Crippen LogP contribution in [-0.4, -0.2) is 25.2 Å². The van der Waals surface area contributed by atoms with Crippen molar-refractivity contribution >= 4 is 50.5 Å². The van der Waals surface area contributed by atoms with Gasteiger partial charge in [-0.2, -0.15) is 0 Å². The lowest BCUT2D eigenvalue weighted by molar-refractivity contribution is 0.0517. The SMILES string of the molecule is CCOC(=O)c1cc(CC)sc1Br.CCOC(=O)c1csc(CC)c1. The second-order valence-corrected chi connectivity index (χ2v) is 8.30. The molecule has 0 aliphatic heterocycles. The van der Waals surface area contributed by atoms with Gasteiger partial charge in [-0.05, 0) is 54.8 Å². The minimum atomic E-state index is -0.245. The van der Waals surface area contributed by atoms with Crippen molar-refractivity contribution in [1.82, 2.24) is 0 Å². The smallest absolute Gasteiger partial charge is 0.340 e. The Balaban J connectivity index is 0.000000251. The van der Waals surface area contributed by atoms with Gasteiger partial charge >= 0.3 is 11.9 Å². The molecule has 2 rings (SSSR count). The quantitative estimate of drug-likeness (QED) is 0.530. The van der Waals surface area contributed by atoms with Crippen LogP contribution in [0.2, 0.25) is 0 Å². The normalized spacial score (nSPS) is 9.96. The lowest BCUT2D eigenvalue weighted by Crippen LogP contribution is -2.03. The van der Waals surface area contributed by atoms with E-state index in [1.165, 1.54) is 9.75 Å². The van der Waals surface area contributed by atoms with Gasteiger partial charge in [-0.25, -0.2) is 9.59 Å². The number of rotatable bonds is 6. The minimum absolute atomic E-state index is 0.214. The summed E-state index contributed by atoms with van der Waals surface area (Å²) in [5.41, 5.74) is 1.32. The predicted octanol–water partition coefficient (Wildman–Crippen LogP) is 5.74. The van der Waals surface area contributed by atoms with Crippen molar-refractivity contribution in [1.29, 1.82) is 0 Å². The molecule has 0 spiro atoms. The largest absolute Gasteiger partial charge is 0.462 e. The van der Waals surface area contributed by atoms with Crippen LogP contribution in [-0.2, 0) is 22.3 Å². The molecule has 138 valence electrons. The van der Waals surface area contributed by atoms with E-state index in [1.54, 1.807) is 29.6 Å². The highest BCUT2D eigenvalue weighted by Crippen LogP contribution is 2.28. The third-order valence-electron chi connectivity index (χ3n) is 3.09. The van der Waals surface area contributed by atoms with Crippen molar-refractivity contribution in [2.75, 3.05) is 13.2 Å². The van der Waals surface area contributed by atoms with E-state index in [4.69, 9.17) is 9.47 Å². The molecule has 0 saturated carbocycles. The number of hydrogen-bond donors (Lipinski definition) is 0. The third kappa shape index (κ3) is 6.92. The minimum Gasteiger partial charge on any atom is -0.462 e. The van der Waals surface area contributed by atoms with Crippen LogP contribution in [0.4, 0.5) is 0 Å². The fourth-order valence-electron chi connectivity index (χ4n) is 1.83. The molecule has 4 nitrogen and oxygen atoms in total. The van der Waals surface area contributed by atoms with E-state index >= 15 is 0 Å². The molecule has 25 heavy (non-hydrogen) atoms. The highest BCUT2D eigenvalue weighted by molar-refractivity contribution is 9.11. The van der Waals surface area contributed by atoms with E-state index in [0.29, 0.717) is 24.3 Å². The summed E-state index contributed by atoms with van der Waals surface area (Å²) >= 11 is 6.53. The zero-order chi connectivity index (χ0) is 18.8. The zero-order valence-electron chi connectivity index (χ0n) is 14.9. The first-order valence-electron chi connectivity index (χ1n) is 8.16. The van der Waals surface area contributed by atoms with Crippen molar-refractivity contribution in [2.45, 2.75) is 40.5 Å². The van der Waals surface area contributed by atoms with Crippen LogP contribution in [0, 0.1) is 0 Å². The van der Waals surface area contributed by atoms with Crippen molar-refractivity contribution in [3.63, 3.8) is 0 Å². The average Bonchev–Trinajstić information content (AvgIpc) is 3.22. The molecule has 0 fully saturated rings. The molecule has 0 radical (unpaired) electrons. The van der Waals surface area contributed by atoms with Gasteiger partial charge in [0.2, 0.25) is 0 Å². The molecule has 0 amide bonds. The number of hydrogen-bond acceptors (Lipinski definition) is 6. The number of carbonyl (C=O) groups is 2. The van der Waals surface area contributed by atoms with Crippen LogP contribution >= 0.6 is 38.6 Å². The van der Waals surface area contributed by atoms with Crippen LogP contribution < -0.4 is 0 Å². The number of ether oxygens (including phenoxy) is 2. The van der Waals surface area contributed by atoms with Crippen LogP contribution in [0.5, 0.6) is 0 Å². The van der Waals surface area contributed by atoms with Crippen LogP contribution in [0.25, 0.3) is 0 Å². The van der Waals surface area contributed by atoms with Crippen molar-refractivity contribution in [2.24, 2.45) is 0 Å². The van der Waals surface area contributed by atoms with E-state index in [1.807, 2.05) is 24.4 Å². The lowest BCUT2D eigenvalue weighted by atomic mass is 10.3. The van der Waals surface area contributed by atoms with Crippen LogP contribution in [0.1, 0.15) is 58.2 Å². The van der Waals surface area contributed by atoms with Gasteiger partial charge in [-0.3, -0.25) is 0 Å². The van der Waals surface area contributed by atoms with Gasteiger partial charge in [-0.15, -0.1) is 22.7 Å². The first kappa shape index (κ1) is 21.9. The Bertz CT molecular complexity index is 691. The molecule has 0 aliphatic carbocycles. The average molecular weight is 447 g/mol. The van der Waals surface area contributed by atoms with E-state index in [9.17, 15) is 9.59 Å². The maximum absolute atomic E-state index is 11.3. The van der Waals surface area contributed by atoms with Gasteiger partial charge in [0.25, 0.3) is 0 Å². The first-order chi connectivity index (χ1) is 12.0. The molecule has 2 aromatic heterocycles. The number of carbonyl (C=O) groups excluding carboxylic acids is 2. The molecule has 0 atom stereocenters. The Morgan fingerprint density at radius 1 is 0.960 bits per heavy atom. The molecular weight excluding hydrogens is 424 g/mol. The molecular formula is C18H23BrO4S2. The fourth-order valence-corrected chi connectivity index (χ4v) is 4.33. The topological polar surface area (TPSA) is 52.6 Å². The lowest BCUT2D eigenvalue weighted by Gasteiger charge is -1.98. The molecule has 0 saturated heterocycles. The standard InChI is InChI=1S/C9H11BrO2S.C9H12O2S/c1-3-6-5-7(8(10)13-6)9(11)12-4-2;1-3-8-5-7(6-12-8)9(10)11-4-2/h5H,3-4H2,1-2H3;5-6H,3-4H2,1-2H3. The number of halogens is 1. The van der Waals surface area contributed by atoms with Crippen LogP contribution in [0.15, 0.2) is 21.3 Å². The maximum atomic E-state index is 11.3. The summed E-state index contributed by atoms with van der Waals surface area (Å²) in [6, 6.07) is 3.77. The highest BCUT2D eigenvalue weighted by atomic mass is 79.9. The number of aryl methyl sites for hydroxylation is 2. The van der Waals surface area contributed by atoms with E-state index < -0.39 is 0 Å². The molecule has 0 aliphatic rings. The monoisotopic (exact) mass is 446 g/mol. The van der Waals surface area contributed by atoms with Crippen molar-refractivity contribution < 1.29 is 19.1 Å². The van der Waals surface area contributed by atoms with E-state index in [2.05, 4.69) is 29.8 Å². The number of thiophene rings is 2. The molecule has 2 aromatic rings. The van der Waals surface area contributed by atoms with E-state index in [-0.39, 0.29) is 11.9 Å². The summed E-state index contributed by atoms with van der Waals surface area (Å²) in [4.78, 5) is 24.9. The molecule has 0 N–H and O–H groups in total. The summed E-state index contributed by atoms with van der Waals surface area (Å²) in [5.74, 6) is -0.459. The fraction of sp³-hybridized carbons (Fsp3) is 0.444. The van der Waals surface area contributed by atoms with Crippen molar-refractivity contribution in [3.8, 4) is 0 Å². The van der Waals surface area contributed by atoms with Gasteiger partial charge in [0.1, 0.15) is 0 Å². The van der Waals surface area contributed by atoms with Gasteiger partial charge in [0.15, 0.2) is 0 Å². The second kappa shape index (κ2) is 11.4. The Hall–Kier alpha value is -1.18. The highest BCUT2D eigenvalue weighted by Gasteiger charge is 2.14. The maximum Gasteiger partial charge on any atom is 0.340 e. The van der Waals surface area contributed by atoms with Gasteiger partial charge in [0.05, 0.1) is 28.1 Å². The summed E-state index contributed by atoms with van der Waals surface area (Å²) in [6.45, 7) is 8.61. The molecule has 0 unspecified atom stereocenters. The Kier molecular flexibility index (Phi) is 10.0. The number of esters is 2. The van der Waals surface area contributed by atoms with Gasteiger partial charge in [0, 0.05) is 15.1 Å². The van der Waals surface area contributed by atoms with Crippen LogP contribution in [0.3, 0.4) is 0 Å². The molecule has 0 aromatic carbocycles. The summed E-state index contributed by atoms with van der Waals surface area (Å²) in [7, 11) is 0. The summed E-state index contributed by atoms with van der Waals surface area (Å²) in [6.07, 6.45) is 1.92. The summed E-state index contributed by atoms with van der Waals surface area (Å²) in [5, 5.41) is 1.84. The second-order valence-electron chi connectivity index (χ2n) is 4.85. The van der Waals surface area contributed by atoms with Gasteiger partial charge < -0.3 is 9.47 Å². The zero-order valence-corrected chi connectivity index (χ0v) is 18.1. The summed E-state index contributed by atoms with van der Waals surface area (Å²) < 4.78 is 10.6. The first-order valence-corrected chi connectivity index (χ1v) is 10.6. The third-order valence-corrected chi connectivity index (χ3v) is 6.16. The predicted molar refractivity (Wildman–Crippen MR) is 107 cm³/mol. The molecule has 7 heteroatoms. The van der Waals surface area contributed by atoms with Crippen molar-refractivity contribution in [3.05, 3.63) is 42.2 Å². The molecule has 0 bridgehead atoms. The Morgan fingerprint density at radius 3 is 2.04 bits per heavy atom. The molecule has 2 heterocycles.